The quantitative estimate of drug-likeness (QED) is 0.720. The normalized spacial score (nSPS) is 18.3. The Balaban J connectivity index is 0. The lowest BCUT2D eigenvalue weighted by atomic mass is 9.91. The molecule has 2 atom stereocenters. The monoisotopic (exact) mass is 181 g/mol. The van der Waals surface area contributed by atoms with E-state index in [1.165, 1.54) is 0 Å². The van der Waals surface area contributed by atoms with Gasteiger partial charge in [0.05, 0.1) is 6.10 Å². The highest BCUT2D eigenvalue weighted by atomic mass is 35.5. The van der Waals surface area contributed by atoms with Crippen LogP contribution in [0.5, 0.6) is 0 Å². The summed E-state index contributed by atoms with van der Waals surface area (Å²) in [4.78, 5) is 0. The van der Waals surface area contributed by atoms with Gasteiger partial charge in [-0.05, 0) is 19.8 Å². The molecule has 0 aliphatic heterocycles. The van der Waals surface area contributed by atoms with Gasteiger partial charge in [-0.3, -0.25) is 0 Å². The Bertz CT molecular complexity index is 92.1. The highest BCUT2D eigenvalue weighted by Crippen LogP contribution is 2.16. The van der Waals surface area contributed by atoms with Gasteiger partial charge in [0, 0.05) is 12.6 Å². The molecule has 0 saturated heterocycles. The first-order chi connectivity index (χ1) is 4.58. The molecular formula is C8H20ClNO. The van der Waals surface area contributed by atoms with E-state index in [-0.39, 0.29) is 24.0 Å². The molecule has 0 amide bonds. The third-order valence-corrected chi connectivity index (χ3v) is 2.15. The number of rotatable bonds is 4. The maximum Gasteiger partial charge on any atom is 0.0745 e. The summed E-state index contributed by atoms with van der Waals surface area (Å²) in [6.07, 6.45) is 2.13. The summed E-state index contributed by atoms with van der Waals surface area (Å²) >= 11 is 0. The van der Waals surface area contributed by atoms with E-state index in [0.29, 0.717) is 0 Å². The molecule has 0 radical (unpaired) electrons. The van der Waals surface area contributed by atoms with Crippen molar-refractivity contribution >= 4 is 12.4 Å². The maximum absolute atomic E-state index is 5.96. The van der Waals surface area contributed by atoms with Crippen LogP contribution >= 0.6 is 12.4 Å². The lowest BCUT2D eigenvalue weighted by molar-refractivity contribution is 0.0377. The van der Waals surface area contributed by atoms with Crippen LogP contribution in [0.3, 0.4) is 0 Å². The molecule has 0 aliphatic carbocycles. The fraction of sp³-hybridized carbons (Fsp3) is 1.00. The van der Waals surface area contributed by atoms with Crippen molar-refractivity contribution in [1.82, 2.24) is 0 Å². The first kappa shape index (κ1) is 13.8. The van der Waals surface area contributed by atoms with Crippen LogP contribution in [0.2, 0.25) is 0 Å². The third kappa shape index (κ3) is 3.94. The molecule has 0 spiro atoms. The van der Waals surface area contributed by atoms with Crippen molar-refractivity contribution < 1.29 is 4.74 Å². The summed E-state index contributed by atoms with van der Waals surface area (Å²) in [7, 11) is 1.72. The van der Waals surface area contributed by atoms with Gasteiger partial charge in [-0.25, -0.2) is 0 Å². The average Bonchev–Trinajstić information content (AvgIpc) is 1.90. The second kappa shape index (κ2) is 5.81. The lowest BCUT2D eigenvalue weighted by Gasteiger charge is -2.31. The van der Waals surface area contributed by atoms with Gasteiger partial charge in [-0.1, -0.05) is 13.8 Å². The summed E-state index contributed by atoms with van der Waals surface area (Å²) in [5.74, 6) is 0. The van der Waals surface area contributed by atoms with Crippen LogP contribution in [-0.4, -0.2) is 18.8 Å². The minimum atomic E-state index is -0.163. The van der Waals surface area contributed by atoms with E-state index >= 15 is 0 Å². The van der Waals surface area contributed by atoms with Gasteiger partial charge in [0.25, 0.3) is 0 Å². The molecule has 0 aliphatic rings. The molecule has 0 heterocycles. The van der Waals surface area contributed by atoms with Crippen LogP contribution in [0.15, 0.2) is 0 Å². The Morgan fingerprint density at radius 2 is 1.91 bits per heavy atom. The van der Waals surface area contributed by atoms with Crippen LogP contribution in [0, 0.1) is 0 Å². The van der Waals surface area contributed by atoms with Gasteiger partial charge in [-0.15, -0.1) is 12.4 Å². The number of methoxy groups -OCH3 is 1. The van der Waals surface area contributed by atoms with E-state index in [1.54, 1.807) is 7.11 Å². The molecule has 2 nitrogen and oxygen atoms in total. The van der Waals surface area contributed by atoms with Gasteiger partial charge in [0.1, 0.15) is 0 Å². The number of hydrogen-bond acceptors (Lipinski definition) is 2. The van der Waals surface area contributed by atoms with Crippen molar-refractivity contribution in [3.8, 4) is 0 Å². The number of nitrogens with two attached hydrogens (primary N) is 1. The Morgan fingerprint density at radius 3 is 2.00 bits per heavy atom. The number of hydrogen-bond donors (Lipinski definition) is 1. The zero-order chi connectivity index (χ0) is 8.20. The maximum atomic E-state index is 5.96. The molecule has 0 aromatic carbocycles. The molecule has 0 saturated carbocycles. The van der Waals surface area contributed by atoms with Crippen molar-refractivity contribution in [3.63, 3.8) is 0 Å². The predicted molar refractivity (Wildman–Crippen MR) is 51.2 cm³/mol. The summed E-state index contributed by atoms with van der Waals surface area (Å²) < 4.78 is 5.23. The van der Waals surface area contributed by atoms with E-state index in [0.717, 1.165) is 12.8 Å². The molecule has 11 heavy (non-hydrogen) atoms. The molecule has 70 valence electrons. The van der Waals surface area contributed by atoms with Gasteiger partial charge in [0.15, 0.2) is 0 Å². The second-order valence-corrected chi connectivity index (χ2v) is 2.99. The van der Waals surface area contributed by atoms with Crippen LogP contribution in [0.1, 0.15) is 33.6 Å². The Labute approximate surface area is 75.9 Å². The molecule has 0 bridgehead atoms. The van der Waals surface area contributed by atoms with Crippen LogP contribution in [0.25, 0.3) is 0 Å². The Morgan fingerprint density at radius 1 is 1.45 bits per heavy atom. The highest BCUT2D eigenvalue weighted by molar-refractivity contribution is 5.85. The van der Waals surface area contributed by atoms with E-state index in [1.807, 2.05) is 6.92 Å². The first-order valence-electron chi connectivity index (χ1n) is 3.90. The van der Waals surface area contributed by atoms with Gasteiger partial charge in [-0.2, -0.15) is 0 Å². The van der Waals surface area contributed by atoms with Crippen LogP contribution < -0.4 is 5.73 Å². The number of ether oxygens (including phenoxy) is 1. The molecule has 0 aromatic heterocycles. The summed E-state index contributed by atoms with van der Waals surface area (Å²) in [6.45, 7) is 6.21. The molecule has 3 heteroatoms. The van der Waals surface area contributed by atoms with E-state index in [9.17, 15) is 0 Å². The Kier molecular flexibility index (Phi) is 7.28. The van der Waals surface area contributed by atoms with Gasteiger partial charge in [0.2, 0.25) is 0 Å². The minimum absolute atomic E-state index is 0. The fourth-order valence-electron chi connectivity index (χ4n) is 1.13. The molecule has 2 N–H and O–H groups in total. The first-order valence-corrected chi connectivity index (χ1v) is 3.90. The van der Waals surface area contributed by atoms with Crippen molar-refractivity contribution in [2.75, 3.05) is 7.11 Å². The van der Waals surface area contributed by atoms with E-state index in [4.69, 9.17) is 10.5 Å². The van der Waals surface area contributed by atoms with Crippen molar-refractivity contribution in [3.05, 3.63) is 0 Å². The van der Waals surface area contributed by atoms with Crippen LogP contribution in [0.4, 0.5) is 0 Å². The van der Waals surface area contributed by atoms with E-state index in [2.05, 4.69) is 13.8 Å². The van der Waals surface area contributed by atoms with Crippen LogP contribution in [-0.2, 0) is 4.74 Å². The summed E-state index contributed by atoms with van der Waals surface area (Å²) in [5, 5.41) is 0. The van der Waals surface area contributed by atoms with E-state index < -0.39 is 0 Å². The largest absolute Gasteiger partial charge is 0.380 e. The zero-order valence-electron chi connectivity index (χ0n) is 7.89. The molecular weight excluding hydrogens is 162 g/mol. The fourth-order valence-corrected chi connectivity index (χ4v) is 1.13. The molecule has 2 unspecified atom stereocenters. The predicted octanol–water partition coefficient (Wildman–Crippen LogP) is 1.96. The second-order valence-electron chi connectivity index (χ2n) is 2.99. The topological polar surface area (TPSA) is 35.2 Å². The Hall–Kier alpha value is 0.210. The zero-order valence-corrected chi connectivity index (χ0v) is 8.70. The highest BCUT2D eigenvalue weighted by Gasteiger charge is 2.26. The summed E-state index contributed by atoms with van der Waals surface area (Å²) in [6, 6.07) is 0. The average molecular weight is 182 g/mol. The number of halogens is 1. The SMILES string of the molecule is CCC(OC)C(C)(N)CC.Cl. The van der Waals surface area contributed by atoms with Gasteiger partial charge >= 0.3 is 0 Å². The minimum Gasteiger partial charge on any atom is -0.380 e. The van der Waals surface area contributed by atoms with Crippen molar-refractivity contribution in [2.45, 2.75) is 45.3 Å². The van der Waals surface area contributed by atoms with Crippen molar-refractivity contribution in [1.29, 1.82) is 0 Å². The molecule has 0 aromatic rings. The lowest BCUT2D eigenvalue weighted by Crippen LogP contribution is -2.48. The standard InChI is InChI=1S/C8H19NO.ClH/c1-5-7(10-4)8(3,9)6-2;/h7H,5-6,9H2,1-4H3;1H. The van der Waals surface area contributed by atoms with Crippen molar-refractivity contribution in [2.24, 2.45) is 5.73 Å². The van der Waals surface area contributed by atoms with Gasteiger partial charge < -0.3 is 10.5 Å². The molecule has 0 fully saturated rings. The molecule has 0 rings (SSSR count). The summed E-state index contributed by atoms with van der Waals surface area (Å²) in [5.41, 5.74) is 5.79. The third-order valence-electron chi connectivity index (χ3n) is 2.15. The smallest absolute Gasteiger partial charge is 0.0745 e.